The van der Waals surface area contributed by atoms with Gasteiger partial charge in [-0.2, -0.15) is 0 Å². The molecule has 8 heteroatoms. The quantitative estimate of drug-likeness (QED) is 0.389. The van der Waals surface area contributed by atoms with Crippen LogP contribution in [0.3, 0.4) is 0 Å². The van der Waals surface area contributed by atoms with E-state index >= 15 is 0 Å². The Morgan fingerprint density at radius 3 is 3.05 bits per heavy atom. The average Bonchev–Trinajstić information content (AvgIpc) is 2.69. The van der Waals surface area contributed by atoms with Crippen molar-refractivity contribution in [1.82, 2.24) is 4.98 Å². The molecular weight excluding hydrogens is 266 g/mol. The van der Waals surface area contributed by atoms with Crippen LogP contribution in [0, 0.1) is 11.8 Å². The maximum absolute atomic E-state index is 11.5. The van der Waals surface area contributed by atoms with Crippen LogP contribution in [-0.4, -0.2) is 23.2 Å². The molecule has 0 saturated carbocycles. The molecule has 0 aliphatic rings. The van der Waals surface area contributed by atoms with Gasteiger partial charge in [-0.15, -0.1) is 0 Å². The van der Waals surface area contributed by atoms with Crippen LogP contribution < -0.4 is 5.32 Å². The van der Waals surface area contributed by atoms with Gasteiger partial charge >= 0.3 is 6.09 Å². The monoisotopic (exact) mass is 279 g/mol. The molecule has 0 radical (unpaired) electrons. The van der Waals surface area contributed by atoms with E-state index in [1.54, 1.807) is 20.8 Å². The second-order valence-corrected chi connectivity index (χ2v) is 5.38. The number of nitrogens with zero attached hydrogens (tertiary/aromatic N) is 4. The smallest absolute Gasteiger partial charge is 0.413 e. The van der Waals surface area contributed by atoms with Crippen molar-refractivity contribution < 1.29 is 9.53 Å². The highest BCUT2D eigenvalue weighted by Crippen LogP contribution is 2.18. The van der Waals surface area contributed by atoms with E-state index in [1.165, 1.54) is 17.5 Å². The Hall–Kier alpha value is -2.23. The second kappa shape index (κ2) is 6.64. The minimum absolute atomic E-state index is 0.100. The Kier molecular flexibility index (Phi) is 5.18. The summed E-state index contributed by atoms with van der Waals surface area (Å²) in [6.45, 7) is 5.44. The van der Waals surface area contributed by atoms with Crippen molar-refractivity contribution in [3.8, 4) is 11.8 Å². The summed E-state index contributed by atoms with van der Waals surface area (Å²) in [6, 6.07) is 0. The summed E-state index contributed by atoms with van der Waals surface area (Å²) >= 11 is 1.21. The lowest BCUT2D eigenvalue weighted by Crippen LogP contribution is -2.27. The predicted octanol–water partition coefficient (Wildman–Crippen LogP) is 3.15. The lowest BCUT2D eigenvalue weighted by Gasteiger charge is -2.18. The van der Waals surface area contributed by atoms with Crippen LogP contribution in [0.4, 0.5) is 9.93 Å². The molecule has 1 N–H and O–H groups in total. The summed E-state index contributed by atoms with van der Waals surface area (Å²) in [5.41, 5.74) is 7.52. The molecule has 0 atom stereocenters. The Bertz CT molecular complexity index is 558. The number of amides is 1. The maximum Gasteiger partial charge on any atom is 0.413 e. The number of hydrogen-bond acceptors (Lipinski definition) is 5. The third kappa shape index (κ3) is 6.31. The molecule has 19 heavy (non-hydrogen) atoms. The third-order valence-electron chi connectivity index (χ3n) is 1.54. The number of aromatic nitrogens is 1. The molecule has 0 saturated heterocycles. The zero-order valence-electron chi connectivity index (χ0n) is 10.8. The predicted molar refractivity (Wildman–Crippen MR) is 72.9 cm³/mol. The van der Waals surface area contributed by atoms with Crippen molar-refractivity contribution in [1.29, 1.82) is 0 Å². The fraction of sp³-hybridized carbons (Fsp3) is 0.455. The maximum atomic E-state index is 11.5. The summed E-state index contributed by atoms with van der Waals surface area (Å²) in [5.74, 6) is 5.43. The van der Waals surface area contributed by atoms with Gasteiger partial charge in [-0.1, -0.05) is 28.3 Å². The molecule has 1 rings (SSSR count). The van der Waals surface area contributed by atoms with Gasteiger partial charge in [0.15, 0.2) is 5.13 Å². The Morgan fingerprint density at radius 2 is 2.42 bits per heavy atom. The van der Waals surface area contributed by atoms with Gasteiger partial charge in [0.05, 0.1) is 17.6 Å². The van der Waals surface area contributed by atoms with Crippen LogP contribution in [0.1, 0.15) is 25.6 Å². The van der Waals surface area contributed by atoms with Crippen LogP contribution in [0.25, 0.3) is 10.4 Å². The highest BCUT2D eigenvalue weighted by molar-refractivity contribution is 7.16. The molecule has 0 fully saturated rings. The highest BCUT2D eigenvalue weighted by atomic mass is 32.1. The van der Waals surface area contributed by atoms with Crippen molar-refractivity contribution in [2.24, 2.45) is 5.11 Å². The molecule has 0 unspecified atom stereocenters. The first-order valence-corrected chi connectivity index (χ1v) is 6.18. The van der Waals surface area contributed by atoms with Gasteiger partial charge in [-0.05, 0) is 26.3 Å². The second-order valence-electron chi connectivity index (χ2n) is 4.35. The molecule has 1 heterocycles. The highest BCUT2D eigenvalue weighted by Gasteiger charge is 2.16. The van der Waals surface area contributed by atoms with E-state index in [4.69, 9.17) is 10.3 Å². The van der Waals surface area contributed by atoms with E-state index in [0.717, 1.165) is 0 Å². The van der Waals surface area contributed by atoms with Crippen LogP contribution in [0.15, 0.2) is 11.3 Å². The molecule has 0 bridgehead atoms. The largest absolute Gasteiger partial charge is 0.444 e. The minimum Gasteiger partial charge on any atom is -0.444 e. The number of nitrogens with one attached hydrogen (secondary N) is 1. The molecule has 100 valence electrons. The van der Waals surface area contributed by atoms with E-state index in [-0.39, 0.29) is 6.54 Å². The number of ether oxygens (including phenoxy) is 1. The summed E-state index contributed by atoms with van der Waals surface area (Å²) < 4.78 is 5.09. The SMILES string of the molecule is CC(C)(C)OC(=O)Nc1ncc(C#CCN=[N+]=[N-])s1. The molecule has 1 aromatic heterocycles. The minimum atomic E-state index is -0.560. The van der Waals surface area contributed by atoms with E-state index in [9.17, 15) is 4.79 Å². The number of carbonyl (C=O) groups is 1. The van der Waals surface area contributed by atoms with E-state index in [2.05, 4.69) is 32.2 Å². The van der Waals surface area contributed by atoms with Gasteiger partial charge in [0.2, 0.25) is 0 Å². The van der Waals surface area contributed by atoms with Crippen LogP contribution in [-0.2, 0) is 4.74 Å². The fourth-order valence-electron chi connectivity index (χ4n) is 0.974. The van der Waals surface area contributed by atoms with Gasteiger partial charge < -0.3 is 4.74 Å². The average molecular weight is 279 g/mol. The number of thiazole rings is 1. The van der Waals surface area contributed by atoms with Crippen molar-refractivity contribution in [3.63, 3.8) is 0 Å². The van der Waals surface area contributed by atoms with Gasteiger partial charge in [-0.25, -0.2) is 9.78 Å². The first kappa shape index (κ1) is 14.8. The zero-order chi connectivity index (χ0) is 14.3. The number of azide groups is 1. The standard InChI is InChI=1S/C11H13N5O2S/c1-11(2,3)18-10(17)15-9-13-7-8(19-9)5-4-6-14-16-12/h7H,6H2,1-3H3,(H,13,15,17). The summed E-state index contributed by atoms with van der Waals surface area (Å²) in [5, 5.41) is 6.21. The summed E-state index contributed by atoms with van der Waals surface area (Å²) in [7, 11) is 0. The van der Waals surface area contributed by atoms with Crippen molar-refractivity contribution >= 4 is 22.6 Å². The van der Waals surface area contributed by atoms with Crippen LogP contribution in [0.2, 0.25) is 0 Å². The Morgan fingerprint density at radius 1 is 1.68 bits per heavy atom. The van der Waals surface area contributed by atoms with Crippen molar-refractivity contribution in [2.75, 3.05) is 11.9 Å². The molecule has 1 amide bonds. The summed E-state index contributed by atoms with van der Waals surface area (Å²) in [6.07, 6.45) is 0.968. The van der Waals surface area contributed by atoms with Crippen molar-refractivity contribution in [2.45, 2.75) is 26.4 Å². The fourth-order valence-corrected chi connectivity index (χ4v) is 1.65. The lowest BCUT2D eigenvalue weighted by atomic mass is 10.2. The third-order valence-corrected chi connectivity index (χ3v) is 2.37. The Balaban J connectivity index is 2.57. The number of carbonyl (C=O) groups excluding carboxylic acids is 1. The number of rotatable bonds is 2. The van der Waals surface area contributed by atoms with Gasteiger partial charge in [0.1, 0.15) is 5.60 Å². The molecule has 0 aromatic carbocycles. The van der Waals surface area contributed by atoms with E-state index < -0.39 is 11.7 Å². The zero-order valence-corrected chi connectivity index (χ0v) is 11.6. The normalized spacial score (nSPS) is 9.84. The van der Waals surface area contributed by atoms with Crippen molar-refractivity contribution in [3.05, 3.63) is 21.5 Å². The van der Waals surface area contributed by atoms with E-state index in [0.29, 0.717) is 10.0 Å². The number of hydrogen-bond donors (Lipinski definition) is 1. The first-order chi connectivity index (χ1) is 8.90. The molecule has 7 nitrogen and oxygen atoms in total. The van der Waals surface area contributed by atoms with E-state index in [1.807, 2.05) is 0 Å². The lowest BCUT2D eigenvalue weighted by molar-refractivity contribution is 0.0636. The van der Waals surface area contributed by atoms with Gasteiger partial charge in [0, 0.05) is 4.91 Å². The van der Waals surface area contributed by atoms with Crippen LogP contribution >= 0.6 is 11.3 Å². The molecule has 0 aliphatic carbocycles. The van der Waals surface area contributed by atoms with Gasteiger partial charge in [0.25, 0.3) is 0 Å². The topological polar surface area (TPSA) is 100.0 Å². The molecule has 1 aromatic rings. The molecule has 0 aliphatic heterocycles. The molecule has 0 spiro atoms. The molecular formula is C11H13N5O2S. The summed E-state index contributed by atoms with van der Waals surface area (Å²) in [4.78, 5) is 18.7. The number of anilines is 1. The van der Waals surface area contributed by atoms with Gasteiger partial charge in [-0.3, -0.25) is 5.32 Å². The van der Waals surface area contributed by atoms with Crippen LogP contribution in [0.5, 0.6) is 0 Å². The Labute approximate surface area is 114 Å². The first-order valence-electron chi connectivity index (χ1n) is 5.36.